The lowest BCUT2D eigenvalue weighted by Gasteiger charge is -2.40. The highest BCUT2D eigenvalue weighted by atomic mass is 127. The van der Waals surface area contributed by atoms with Crippen molar-refractivity contribution < 1.29 is 44.9 Å². The third-order valence-electron chi connectivity index (χ3n) is 11.3. The Kier molecular flexibility index (Phi) is 27.8. The second kappa shape index (κ2) is 30.1. The number of unbranched alkanes of at least 4 members (excludes halogenated alkanes) is 18. The van der Waals surface area contributed by atoms with Crippen molar-refractivity contribution >= 4 is 28.5 Å². The van der Waals surface area contributed by atoms with Crippen LogP contribution in [0.15, 0.2) is 0 Å². The smallest absolute Gasteiger partial charge is 0.220 e. The minimum absolute atomic E-state index is 0.254. The predicted molar refractivity (Wildman–Crippen MR) is 215 cm³/mol. The summed E-state index contributed by atoms with van der Waals surface area (Å²) in [6.45, 7) is 1.34. The molecule has 8 atom stereocenters. The van der Waals surface area contributed by atoms with Crippen LogP contribution in [0.5, 0.6) is 0 Å². The fraction of sp³-hybridized carbons (Fsp3) is 0.976. The van der Waals surface area contributed by atoms with Crippen molar-refractivity contribution in [2.24, 2.45) is 5.92 Å². The molecule has 5 unspecified atom stereocenters. The summed E-state index contributed by atoms with van der Waals surface area (Å²) in [5.74, 6) is 0.690. The van der Waals surface area contributed by atoms with Gasteiger partial charge in [-0.15, -0.1) is 0 Å². The molecule has 0 bridgehead atoms. The maximum Gasteiger partial charge on any atom is 0.220 e. The third kappa shape index (κ3) is 20.7. The highest BCUT2D eigenvalue weighted by Crippen LogP contribution is 2.32. The van der Waals surface area contributed by atoms with Gasteiger partial charge in [-0.1, -0.05) is 158 Å². The monoisotopic (exact) mass is 855 g/mol. The average Bonchev–Trinajstić information content (AvgIpc) is 3.14. The molecular formula is C41H78INO9. The Morgan fingerprint density at radius 3 is 1.81 bits per heavy atom. The zero-order valence-corrected chi connectivity index (χ0v) is 34.7. The number of carbonyl (C=O) groups is 1. The lowest BCUT2D eigenvalue weighted by Crippen LogP contribution is -2.60. The number of ether oxygens (including phenoxy) is 2. The lowest BCUT2D eigenvalue weighted by molar-refractivity contribution is -0.303. The number of alkyl halides is 1. The number of aliphatic hydroxyl groups excluding tert-OH is 6. The van der Waals surface area contributed by atoms with Gasteiger partial charge in [0.15, 0.2) is 6.29 Å². The van der Waals surface area contributed by atoms with Crippen LogP contribution < -0.4 is 5.32 Å². The molecule has 1 aliphatic heterocycles. The van der Waals surface area contributed by atoms with Gasteiger partial charge in [0.25, 0.3) is 0 Å². The summed E-state index contributed by atoms with van der Waals surface area (Å²) in [7, 11) is 0. The van der Waals surface area contributed by atoms with Gasteiger partial charge in [0.05, 0.1) is 25.4 Å². The first-order valence-electron chi connectivity index (χ1n) is 21.4. The molecule has 2 fully saturated rings. The molecule has 1 saturated heterocycles. The summed E-state index contributed by atoms with van der Waals surface area (Å²) >= 11 is 2.60. The van der Waals surface area contributed by atoms with Crippen molar-refractivity contribution in [2.45, 2.75) is 233 Å². The SMILES string of the molecule is CCCCCCCCCCCCCC[C@@H](O)[C@@H](O)[C@H](COC1OC(CO)C(O)C(O)C1O)NC(=O)CCCCCCCCCCC1CCC(I)CC1. The Morgan fingerprint density at radius 1 is 0.731 bits per heavy atom. The van der Waals surface area contributed by atoms with Crippen molar-refractivity contribution in [3.8, 4) is 0 Å². The van der Waals surface area contributed by atoms with Crippen LogP contribution in [0.2, 0.25) is 0 Å². The normalized spacial score (nSPS) is 27.0. The Morgan fingerprint density at radius 2 is 1.25 bits per heavy atom. The summed E-state index contributed by atoms with van der Waals surface area (Å²) in [6.07, 6.45) is 21.4. The van der Waals surface area contributed by atoms with Gasteiger partial charge < -0.3 is 45.4 Å². The van der Waals surface area contributed by atoms with E-state index in [1.54, 1.807) is 0 Å². The zero-order chi connectivity index (χ0) is 38.0. The molecule has 308 valence electrons. The van der Waals surface area contributed by atoms with E-state index in [4.69, 9.17) is 9.47 Å². The predicted octanol–water partition coefficient (Wildman–Crippen LogP) is 7.00. The zero-order valence-electron chi connectivity index (χ0n) is 32.6. The fourth-order valence-electron chi connectivity index (χ4n) is 7.73. The maximum absolute atomic E-state index is 13.0. The molecule has 11 heteroatoms. The van der Waals surface area contributed by atoms with E-state index in [-0.39, 0.29) is 18.9 Å². The molecular weight excluding hydrogens is 777 g/mol. The molecule has 0 radical (unpaired) electrons. The lowest BCUT2D eigenvalue weighted by atomic mass is 9.85. The minimum atomic E-state index is -1.60. The van der Waals surface area contributed by atoms with Crippen LogP contribution in [0.3, 0.4) is 0 Å². The number of amides is 1. The maximum atomic E-state index is 13.0. The number of nitrogens with one attached hydrogen (secondary N) is 1. The molecule has 10 nitrogen and oxygen atoms in total. The average molecular weight is 856 g/mol. The number of halogens is 1. The number of rotatable bonds is 31. The number of hydrogen-bond acceptors (Lipinski definition) is 9. The van der Waals surface area contributed by atoms with E-state index < -0.39 is 55.6 Å². The van der Waals surface area contributed by atoms with Gasteiger partial charge >= 0.3 is 0 Å². The van der Waals surface area contributed by atoms with Gasteiger partial charge in [0.2, 0.25) is 5.91 Å². The van der Waals surface area contributed by atoms with E-state index in [9.17, 15) is 35.4 Å². The van der Waals surface area contributed by atoms with Gasteiger partial charge in [-0.05, 0) is 44.4 Å². The summed E-state index contributed by atoms with van der Waals surface area (Å²) < 4.78 is 12.0. The molecule has 0 aromatic heterocycles. The van der Waals surface area contributed by atoms with E-state index in [0.29, 0.717) is 6.42 Å². The Hall–Kier alpha value is -0.120. The molecule has 2 rings (SSSR count). The molecule has 1 saturated carbocycles. The second-order valence-electron chi connectivity index (χ2n) is 15.9. The van der Waals surface area contributed by atoms with Crippen LogP contribution in [0, 0.1) is 5.92 Å². The fourth-order valence-corrected chi connectivity index (χ4v) is 8.45. The van der Waals surface area contributed by atoms with Crippen LogP contribution in [0.4, 0.5) is 0 Å². The molecule has 1 aliphatic carbocycles. The minimum Gasteiger partial charge on any atom is -0.394 e. The molecule has 1 heterocycles. The van der Waals surface area contributed by atoms with Crippen LogP contribution in [0.25, 0.3) is 0 Å². The molecule has 52 heavy (non-hydrogen) atoms. The third-order valence-corrected chi connectivity index (χ3v) is 12.6. The summed E-state index contributed by atoms with van der Waals surface area (Å²) in [5, 5.41) is 65.0. The van der Waals surface area contributed by atoms with E-state index >= 15 is 0 Å². The molecule has 0 aromatic rings. The number of aliphatic hydroxyl groups is 6. The highest BCUT2D eigenvalue weighted by Gasteiger charge is 2.44. The van der Waals surface area contributed by atoms with Crippen LogP contribution in [-0.4, -0.2) is 103 Å². The molecule has 1 amide bonds. The van der Waals surface area contributed by atoms with Gasteiger partial charge in [-0.25, -0.2) is 0 Å². The van der Waals surface area contributed by atoms with Crippen molar-refractivity contribution in [3.63, 3.8) is 0 Å². The van der Waals surface area contributed by atoms with Crippen molar-refractivity contribution in [1.82, 2.24) is 5.32 Å². The van der Waals surface area contributed by atoms with E-state index in [1.807, 2.05) is 0 Å². The van der Waals surface area contributed by atoms with Gasteiger partial charge in [0, 0.05) is 10.3 Å². The molecule has 0 spiro atoms. The van der Waals surface area contributed by atoms with Crippen LogP contribution in [0.1, 0.15) is 180 Å². The Labute approximate surface area is 329 Å². The van der Waals surface area contributed by atoms with Crippen molar-refractivity contribution in [3.05, 3.63) is 0 Å². The number of hydrogen-bond donors (Lipinski definition) is 7. The quantitative estimate of drug-likeness (QED) is 0.0221. The van der Waals surface area contributed by atoms with E-state index in [0.717, 1.165) is 48.4 Å². The second-order valence-corrected chi connectivity index (χ2v) is 17.7. The molecule has 2 aliphatic rings. The summed E-state index contributed by atoms with van der Waals surface area (Å²) in [6, 6.07) is -0.983. The summed E-state index contributed by atoms with van der Waals surface area (Å²) in [5.41, 5.74) is 0. The first-order chi connectivity index (χ1) is 25.2. The van der Waals surface area contributed by atoms with Crippen molar-refractivity contribution in [2.75, 3.05) is 13.2 Å². The summed E-state index contributed by atoms with van der Waals surface area (Å²) in [4.78, 5) is 13.0. The van der Waals surface area contributed by atoms with Gasteiger partial charge in [-0.2, -0.15) is 0 Å². The van der Waals surface area contributed by atoms with Crippen molar-refractivity contribution in [1.29, 1.82) is 0 Å². The van der Waals surface area contributed by atoms with E-state index in [1.165, 1.54) is 122 Å². The van der Waals surface area contributed by atoms with Gasteiger partial charge in [0.1, 0.15) is 30.5 Å². The topological polar surface area (TPSA) is 169 Å². The first kappa shape index (κ1) is 48.0. The van der Waals surface area contributed by atoms with Gasteiger partial charge in [-0.3, -0.25) is 4.79 Å². The standard InChI is InChI=1S/C41H78INO9/c1-2-3-4-5-6-7-8-9-10-14-17-20-23-34(45)37(47)33(30-51-41-40(50)39(49)38(48)35(29-44)52-41)43-36(46)24-21-18-15-12-11-13-16-19-22-31-25-27-32(42)28-26-31/h31-35,37-41,44-45,47-50H,2-30H2,1H3,(H,43,46)/t31?,32?,33-,34+,35?,37-,38?,39?,40?,41?/m0/s1. The molecule has 7 N–H and O–H groups in total. The van der Waals surface area contributed by atoms with E-state index in [2.05, 4.69) is 34.8 Å². The first-order valence-corrected chi connectivity index (χ1v) is 22.6. The Balaban J connectivity index is 1.70. The van der Waals surface area contributed by atoms with Crippen LogP contribution >= 0.6 is 22.6 Å². The van der Waals surface area contributed by atoms with Crippen LogP contribution in [-0.2, 0) is 14.3 Å². The highest BCUT2D eigenvalue weighted by molar-refractivity contribution is 14.1. The molecule has 0 aromatic carbocycles. The largest absolute Gasteiger partial charge is 0.394 e. The number of carbonyl (C=O) groups excluding carboxylic acids is 1. The Bertz CT molecular complexity index is 862.